The smallest absolute Gasteiger partial charge is 0.337 e. The summed E-state index contributed by atoms with van der Waals surface area (Å²) in [5, 5.41) is 0. The van der Waals surface area contributed by atoms with E-state index in [1.54, 1.807) is 30.6 Å². The van der Waals surface area contributed by atoms with E-state index in [0.717, 1.165) is 18.5 Å². The molecular formula is C17H21N3O3. The van der Waals surface area contributed by atoms with Gasteiger partial charge in [-0.2, -0.15) is 0 Å². The standard InChI is InChI=1S/C17H21N3O3/c1-20(2)8-5-9-23-15-11-18-16(19-12-15)13-6-4-7-14(10-13)17(21)22-3/h4,6-7,10-12H,5,8-9H2,1-3H3. The number of hydrogen-bond donors (Lipinski definition) is 0. The maximum atomic E-state index is 11.6. The van der Waals surface area contributed by atoms with Gasteiger partial charge in [0.2, 0.25) is 0 Å². The van der Waals surface area contributed by atoms with Gasteiger partial charge in [0, 0.05) is 12.1 Å². The number of nitrogens with zero attached hydrogens (tertiary/aromatic N) is 3. The molecule has 122 valence electrons. The van der Waals surface area contributed by atoms with Gasteiger partial charge >= 0.3 is 5.97 Å². The number of hydrogen-bond acceptors (Lipinski definition) is 6. The van der Waals surface area contributed by atoms with Crippen LogP contribution in [-0.2, 0) is 4.74 Å². The Bertz CT molecular complexity index is 642. The zero-order valence-electron chi connectivity index (χ0n) is 13.7. The number of carbonyl (C=O) groups excluding carboxylic acids is 1. The van der Waals surface area contributed by atoms with Gasteiger partial charge < -0.3 is 14.4 Å². The molecule has 0 spiro atoms. The zero-order valence-corrected chi connectivity index (χ0v) is 13.7. The molecule has 23 heavy (non-hydrogen) atoms. The Balaban J connectivity index is 2.00. The molecular weight excluding hydrogens is 294 g/mol. The highest BCUT2D eigenvalue weighted by Gasteiger charge is 2.08. The second kappa shape index (κ2) is 8.24. The van der Waals surface area contributed by atoms with E-state index < -0.39 is 0 Å². The third kappa shape index (κ3) is 5.03. The monoisotopic (exact) mass is 315 g/mol. The van der Waals surface area contributed by atoms with Gasteiger partial charge in [0.1, 0.15) is 0 Å². The third-order valence-corrected chi connectivity index (χ3v) is 3.19. The lowest BCUT2D eigenvalue weighted by Crippen LogP contribution is -2.15. The molecule has 0 amide bonds. The first-order valence-corrected chi connectivity index (χ1v) is 7.38. The van der Waals surface area contributed by atoms with E-state index in [0.29, 0.717) is 23.7 Å². The minimum atomic E-state index is -0.382. The summed E-state index contributed by atoms with van der Waals surface area (Å²) >= 11 is 0. The number of ether oxygens (including phenoxy) is 2. The van der Waals surface area contributed by atoms with Crippen molar-refractivity contribution in [2.24, 2.45) is 0 Å². The van der Waals surface area contributed by atoms with Crippen molar-refractivity contribution in [1.29, 1.82) is 0 Å². The molecule has 0 aliphatic rings. The van der Waals surface area contributed by atoms with E-state index in [1.807, 2.05) is 20.2 Å². The summed E-state index contributed by atoms with van der Waals surface area (Å²) < 4.78 is 10.3. The van der Waals surface area contributed by atoms with E-state index in [1.165, 1.54) is 7.11 Å². The van der Waals surface area contributed by atoms with Crippen LogP contribution in [0, 0.1) is 0 Å². The summed E-state index contributed by atoms with van der Waals surface area (Å²) in [5.74, 6) is 0.792. The maximum Gasteiger partial charge on any atom is 0.337 e. The molecule has 0 N–H and O–H groups in total. The molecule has 2 aromatic rings. The highest BCUT2D eigenvalue weighted by Crippen LogP contribution is 2.18. The molecule has 0 aliphatic carbocycles. The van der Waals surface area contributed by atoms with Crippen molar-refractivity contribution in [2.75, 3.05) is 34.4 Å². The number of rotatable bonds is 7. The van der Waals surface area contributed by atoms with Crippen LogP contribution in [0.25, 0.3) is 11.4 Å². The summed E-state index contributed by atoms with van der Waals surface area (Å²) in [5.41, 5.74) is 1.23. The number of carbonyl (C=O) groups is 1. The van der Waals surface area contributed by atoms with Crippen LogP contribution >= 0.6 is 0 Å². The van der Waals surface area contributed by atoms with Crippen molar-refractivity contribution in [3.8, 4) is 17.1 Å². The Morgan fingerprint density at radius 1 is 1.22 bits per heavy atom. The summed E-state index contributed by atoms with van der Waals surface area (Å²) in [6.45, 7) is 1.60. The summed E-state index contributed by atoms with van der Waals surface area (Å²) in [6.07, 6.45) is 4.22. The molecule has 0 aliphatic heterocycles. The van der Waals surface area contributed by atoms with Crippen LogP contribution in [0.2, 0.25) is 0 Å². The molecule has 1 aromatic carbocycles. The van der Waals surface area contributed by atoms with Crippen LogP contribution < -0.4 is 4.74 Å². The second-order valence-electron chi connectivity index (χ2n) is 5.32. The minimum absolute atomic E-state index is 0.382. The SMILES string of the molecule is COC(=O)c1cccc(-c2ncc(OCCCN(C)C)cn2)c1. The molecule has 1 aromatic heterocycles. The predicted octanol–water partition coefficient (Wildman–Crippen LogP) is 2.26. The van der Waals surface area contributed by atoms with Crippen LogP contribution in [0.1, 0.15) is 16.8 Å². The quantitative estimate of drug-likeness (QED) is 0.577. The van der Waals surface area contributed by atoms with Gasteiger partial charge in [0.05, 0.1) is 31.7 Å². The fraction of sp³-hybridized carbons (Fsp3) is 0.353. The van der Waals surface area contributed by atoms with Gasteiger partial charge in [0.25, 0.3) is 0 Å². The fourth-order valence-corrected chi connectivity index (χ4v) is 2.01. The molecule has 0 bridgehead atoms. The molecule has 0 saturated carbocycles. The van der Waals surface area contributed by atoms with Crippen molar-refractivity contribution in [2.45, 2.75) is 6.42 Å². The molecule has 0 atom stereocenters. The predicted molar refractivity (Wildman–Crippen MR) is 87.5 cm³/mol. The minimum Gasteiger partial charge on any atom is -0.490 e. The van der Waals surface area contributed by atoms with Gasteiger partial charge in [-0.3, -0.25) is 0 Å². The van der Waals surface area contributed by atoms with Crippen LogP contribution in [0.5, 0.6) is 5.75 Å². The summed E-state index contributed by atoms with van der Waals surface area (Å²) in [6, 6.07) is 7.02. The van der Waals surface area contributed by atoms with Gasteiger partial charge in [-0.25, -0.2) is 14.8 Å². The molecule has 0 saturated heterocycles. The lowest BCUT2D eigenvalue weighted by molar-refractivity contribution is 0.0601. The van der Waals surface area contributed by atoms with Crippen molar-refractivity contribution >= 4 is 5.97 Å². The Kier molecular flexibility index (Phi) is 6.05. The normalized spacial score (nSPS) is 10.6. The van der Waals surface area contributed by atoms with Crippen molar-refractivity contribution in [3.63, 3.8) is 0 Å². The molecule has 0 fully saturated rings. The molecule has 6 heteroatoms. The summed E-state index contributed by atoms with van der Waals surface area (Å²) in [7, 11) is 5.41. The van der Waals surface area contributed by atoms with Crippen molar-refractivity contribution < 1.29 is 14.3 Å². The van der Waals surface area contributed by atoms with Crippen LogP contribution in [-0.4, -0.2) is 55.2 Å². The van der Waals surface area contributed by atoms with Crippen LogP contribution in [0.3, 0.4) is 0 Å². The van der Waals surface area contributed by atoms with Gasteiger partial charge in [-0.1, -0.05) is 12.1 Å². The Labute approximate surface area is 136 Å². The largest absolute Gasteiger partial charge is 0.490 e. The molecule has 2 rings (SSSR count). The Morgan fingerprint density at radius 2 is 1.96 bits per heavy atom. The number of methoxy groups -OCH3 is 1. The average Bonchev–Trinajstić information content (AvgIpc) is 2.58. The fourth-order valence-electron chi connectivity index (χ4n) is 2.01. The van der Waals surface area contributed by atoms with Gasteiger partial charge in [-0.05, 0) is 32.6 Å². The van der Waals surface area contributed by atoms with E-state index in [9.17, 15) is 4.79 Å². The zero-order chi connectivity index (χ0) is 16.7. The lowest BCUT2D eigenvalue weighted by Gasteiger charge is -2.10. The number of esters is 1. The van der Waals surface area contributed by atoms with E-state index in [4.69, 9.17) is 9.47 Å². The Hall–Kier alpha value is -2.47. The maximum absolute atomic E-state index is 11.6. The van der Waals surface area contributed by atoms with Crippen LogP contribution in [0.4, 0.5) is 0 Å². The highest BCUT2D eigenvalue weighted by atomic mass is 16.5. The number of benzene rings is 1. The van der Waals surface area contributed by atoms with E-state index in [2.05, 4.69) is 14.9 Å². The Morgan fingerprint density at radius 3 is 2.61 bits per heavy atom. The highest BCUT2D eigenvalue weighted by molar-refractivity contribution is 5.90. The van der Waals surface area contributed by atoms with Crippen LogP contribution in [0.15, 0.2) is 36.7 Å². The molecule has 0 unspecified atom stereocenters. The molecule has 1 heterocycles. The topological polar surface area (TPSA) is 64.6 Å². The van der Waals surface area contributed by atoms with Gasteiger partial charge in [0.15, 0.2) is 11.6 Å². The molecule has 6 nitrogen and oxygen atoms in total. The van der Waals surface area contributed by atoms with Crippen molar-refractivity contribution in [1.82, 2.24) is 14.9 Å². The number of aromatic nitrogens is 2. The average molecular weight is 315 g/mol. The van der Waals surface area contributed by atoms with E-state index in [-0.39, 0.29) is 5.97 Å². The van der Waals surface area contributed by atoms with E-state index >= 15 is 0 Å². The molecule has 0 radical (unpaired) electrons. The second-order valence-corrected chi connectivity index (χ2v) is 5.32. The first-order chi connectivity index (χ1) is 11.1. The third-order valence-electron chi connectivity index (χ3n) is 3.19. The lowest BCUT2D eigenvalue weighted by atomic mass is 10.1. The first-order valence-electron chi connectivity index (χ1n) is 7.38. The van der Waals surface area contributed by atoms with Crippen molar-refractivity contribution in [3.05, 3.63) is 42.2 Å². The summed E-state index contributed by atoms with van der Waals surface area (Å²) in [4.78, 5) is 22.2. The van der Waals surface area contributed by atoms with Gasteiger partial charge in [-0.15, -0.1) is 0 Å². The first kappa shape index (κ1) is 16.9.